The van der Waals surface area contributed by atoms with Crippen LogP contribution in [-0.2, 0) is 5.54 Å². The molecular weight excluding hydrogens is 481 g/mol. The second kappa shape index (κ2) is 10.2. The van der Waals surface area contributed by atoms with Gasteiger partial charge in [-0.05, 0) is 65.2 Å². The number of nitrogens with one attached hydrogen (secondary N) is 2. The summed E-state index contributed by atoms with van der Waals surface area (Å²) in [6.07, 6.45) is 2.34. The van der Waals surface area contributed by atoms with E-state index in [1.54, 1.807) is 54.7 Å². The number of rotatable bonds is 6. The van der Waals surface area contributed by atoms with Gasteiger partial charge in [0, 0.05) is 21.3 Å². The molecule has 1 aromatic heterocycles. The van der Waals surface area contributed by atoms with Crippen LogP contribution in [0, 0.1) is 0 Å². The molecule has 4 aromatic rings. The highest BCUT2D eigenvalue weighted by molar-refractivity contribution is 6.31. The third kappa shape index (κ3) is 5.29. The van der Waals surface area contributed by atoms with Gasteiger partial charge < -0.3 is 4.74 Å². The van der Waals surface area contributed by atoms with Crippen molar-refractivity contribution >= 4 is 40.9 Å². The summed E-state index contributed by atoms with van der Waals surface area (Å²) in [7, 11) is 0. The van der Waals surface area contributed by atoms with Gasteiger partial charge in [-0.25, -0.2) is 10.2 Å². The van der Waals surface area contributed by atoms with Gasteiger partial charge >= 0.3 is 6.09 Å². The van der Waals surface area contributed by atoms with Gasteiger partial charge in [0.25, 0.3) is 0 Å². The molecule has 4 rings (SSSR count). The summed E-state index contributed by atoms with van der Waals surface area (Å²) in [5, 5.41) is 1.76. The number of halogens is 3. The predicted octanol–water partition coefficient (Wildman–Crippen LogP) is 6.63. The van der Waals surface area contributed by atoms with Crippen molar-refractivity contribution in [3.05, 3.63) is 129 Å². The van der Waals surface area contributed by atoms with Crippen molar-refractivity contribution in [2.45, 2.75) is 5.54 Å². The molecule has 3 aromatic carbocycles. The number of hydrogen-bond acceptors (Lipinski definition) is 4. The van der Waals surface area contributed by atoms with Crippen molar-refractivity contribution in [2.75, 3.05) is 0 Å². The predicted molar refractivity (Wildman–Crippen MR) is 131 cm³/mol. The molecule has 0 aliphatic carbocycles. The lowest BCUT2D eigenvalue weighted by Crippen LogP contribution is -2.54. The molecule has 2 N–H and O–H groups in total. The Morgan fingerprint density at radius 2 is 1.18 bits per heavy atom. The van der Waals surface area contributed by atoms with E-state index in [1.165, 1.54) is 6.20 Å². The molecule has 0 fully saturated rings. The average molecular weight is 499 g/mol. The summed E-state index contributed by atoms with van der Waals surface area (Å²) < 4.78 is 5.34. The monoisotopic (exact) mass is 497 g/mol. The zero-order chi connectivity index (χ0) is 23.3. The van der Waals surface area contributed by atoms with Gasteiger partial charge in [-0.15, -0.1) is 0 Å². The number of hydrogen-bond donors (Lipinski definition) is 2. The molecule has 0 aliphatic heterocycles. The van der Waals surface area contributed by atoms with Crippen LogP contribution < -0.4 is 15.6 Å². The summed E-state index contributed by atoms with van der Waals surface area (Å²) in [5.74, 6) is 0.312. The second-order valence-corrected chi connectivity index (χ2v) is 8.41. The summed E-state index contributed by atoms with van der Waals surface area (Å²) in [6.45, 7) is 0. The fraction of sp³-hybridized carbons (Fsp3) is 0.0400. The van der Waals surface area contributed by atoms with Crippen molar-refractivity contribution in [3.63, 3.8) is 0 Å². The third-order valence-electron chi connectivity index (χ3n) is 5.03. The third-order valence-corrected chi connectivity index (χ3v) is 5.78. The number of ether oxygens (including phenoxy) is 1. The van der Waals surface area contributed by atoms with Crippen molar-refractivity contribution in [3.8, 4) is 5.75 Å². The Bertz CT molecular complexity index is 1110. The maximum Gasteiger partial charge on any atom is 0.427 e. The van der Waals surface area contributed by atoms with Crippen LogP contribution in [-0.4, -0.2) is 11.1 Å². The summed E-state index contributed by atoms with van der Waals surface area (Å²) in [4.78, 5) is 16.6. The van der Waals surface area contributed by atoms with Gasteiger partial charge in [-0.1, -0.05) is 71.2 Å². The van der Waals surface area contributed by atoms with Crippen LogP contribution in [0.3, 0.4) is 0 Å². The number of aromatic nitrogens is 1. The Labute approximate surface area is 206 Å². The summed E-state index contributed by atoms with van der Waals surface area (Å²) in [6, 6.07) is 25.3. The smallest absolute Gasteiger partial charge is 0.408 e. The Kier molecular flexibility index (Phi) is 7.16. The summed E-state index contributed by atoms with van der Waals surface area (Å²) in [5.41, 5.74) is 7.29. The lowest BCUT2D eigenvalue weighted by Gasteiger charge is -2.36. The number of nitrogens with zero attached hydrogens (tertiary/aromatic N) is 1. The Balaban J connectivity index is 1.79. The van der Waals surface area contributed by atoms with E-state index in [1.807, 2.05) is 36.4 Å². The molecule has 5 nitrogen and oxygen atoms in total. The molecule has 166 valence electrons. The minimum Gasteiger partial charge on any atom is -0.408 e. The topological polar surface area (TPSA) is 63.2 Å². The van der Waals surface area contributed by atoms with Crippen LogP contribution in [0.15, 0.2) is 97.3 Å². The van der Waals surface area contributed by atoms with E-state index in [2.05, 4.69) is 15.8 Å². The van der Waals surface area contributed by atoms with Crippen LogP contribution in [0.4, 0.5) is 4.79 Å². The van der Waals surface area contributed by atoms with Crippen LogP contribution in [0.25, 0.3) is 0 Å². The molecule has 33 heavy (non-hydrogen) atoms. The van der Waals surface area contributed by atoms with Gasteiger partial charge in [0.2, 0.25) is 0 Å². The van der Waals surface area contributed by atoms with E-state index in [0.29, 0.717) is 20.8 Å². The molecule has 0 aliphatic rings. The van der Waals surface area contributed by atoms with Crippen molar-refractivity contribution in [1.82, 2.24) is 15.8 Å². The molecule has 1 amide bonds. The molecule has 0 radical (unpaired) electrons. The first-order chi connectivity index (χ1) is 16.0. The van der Waals surface area contributed by atoms with E-state index in [4.69, 9.17) is 39.5 Å². The van der Waals surface area contributed by atoms with Crippen molar-refractivity contribution < 1.29 is 9.53 Å². The lowest BCUT2D eigenvalue weighted by atomic mass is 9.77. The molecule has 1 heterocycles. The number of carbonyl (C=O) groups excluding carboxylic acids is 1. The largest absolute Gasteiger partial charge is 0.427 e. The van der Waals surface area contributed by atoms with Crippen molar-refractivity contribution in [2.24, 2.45) is 0 Å². The normalized spacial score (nSPS) is 11.1. The standard InChI is InChI=1S/C25H18Cl3N3O2/c26-20-9-3-17(4-10-20)25(18-5-11-21(27)12-6-18,19-7-13-22(28)14-8-19)31-30-24(32)33-23-2-1-15-29-16-23/h1-16,31H,(H,30,32). The fourth-order valence-corrected chi connectivity index (χ4v) is 3.88. The maximum absolute atomic E-state index is 12.6. The number of amides is 1. The van der Waals surface area contributed by atoms with Gasteiger partial charge in [0.15, 0.2) is 5.75 Å². The first kappa shape index (κ1) is 23.1. The van der Waals surface area contributed by atoms with Crippen LogP contribution >= 0.6 is 34.8 Å². The molecule has 8 heteroatoms. The zero-order valence-corrected chi connectivity index (χ0v) is 19.4. The van der Waals surface area contributed by atoms with Crippen LogP contribution in [0.1, 0.15) is 16.7 Å². The Morgan fingerprint density at radius 1 is 0.727 bits per heavy atom. The Morgan fingerprint density at radius 3 is 1.58 bits per heavy atom. The van der Waals surface area contributed by atoms with E-state index in [-0.39, 0.29) is 0 Å². The highest BCUT2D eigenvalue weighted by atomic mass is 35.5. The maximum atomic E-state index is 12.6. The lowest BCUT2D eigenvalue weighted by molar-refractivity contribution is 0.190. The van der Waals surface area contributed by atoms with Crippen LogP contribution in [0.5, 0.6) is 5.75 Å². The zero-order valence-electron chi connectivity index (χ0n) is 17.1. The quantitative estimate of drug-likeness (QED) is 0.231. The number of carbonyl (C=O) groups is 1. The number of pyridine rings is 1. The first-order valence-corrected chi connectivity index (χ1v) is 11.0. The number of hydrazine groups is 1. The molecule has 0 spiro atoms. The van der Waals surface area contributed by atoms with Gasteiger partial charge in [0.05, 0.1) is 6.20 Å². The van der Waals surface area contributed by atoms with Crippen LogP contribution in [0.2, 0.25) is 15.1 Å². The molecule has 0 atom stereocenters. The highest BCUT2D eigenvalue weighted by Gasteiger charge is 2.37. The minimum absolute atomic E-state index is 0.312. The summed E-state index contributed by atoms with van der Waals surface area (Å²) >= 11 is 18.5. The molecule has 0 unspecified atom stereocenters. The fourth-order valence-electron chi connectivity index (χ4n) is 3.50. The molecule has 0 bridgehead atoms. The van der Waals surface area contributed by atoms with E-state index < -0.39 is 11.6 Å². The van der Waals surface area contributed by atoms with E-state index in [0.717, 1.165) is 16.7 Å². The van der Waals surface area contributed by atoms with Gasteiger partial charge in [-0.2, -0.15) is 0 Å². The molecule has 0 saturated carbocycles. The van der Waals surface area contributed by atoms with Gasteiger partial charge in [-0.3, -0.25) is 10.4 Å². The Hall–Kier alpha value is -3.09. The average Bonchev–Trinajstić information content (AvgIpc) is 2.83. The second-order valence-electron chi connectivity index (χ2n) is 7.10. The minimum atomic E-state index is -1.02. The van der Waals surface area contributed by atoms with Gasteiger partial charge in [0.1, 0.15) is 5.54 Å². The first-order valence-electron chi connectivity index (χ1n) is 9.90. The number of benzene rings is 3. The van der Waals surface area contributed by atoms with E-state index in [9.17, 15) is 4.79 Å². The van der Waals surface area contributed by atoms with E-state index >= 15 is 0 Å². The highest BCUT2D eigenvalue weighted by Crippen LogP contribution is 2.38. The SMILES string of the molecule is O=C(NNC(c1ccc(Cl)cc1)(c1ccc(Cl)cc1)c1ccc(Cl)cc1)Oc1cccnc1. The molecular formula is C25H18Cl3N3O2. The van der Waals surface area contributed by atoms with Crippen molar-refractivity contribution in [1.29, 1.82) is 0 Å². The molecule has 0 saturated heterocycles.